The molecule has 0 bridgehead atoms. The molecule has 166 valence electrons. The molecule has 1 fully saturated rings. The van der Waals surface area contributed by atoms with Crippen LogP contribution < -0.4 is 14.8 Å². The predicted octanol–water partition coefficient (Wildman–Crippen LogP) is 1.93. The molecule has 2 aliphatic rings. The molecular formula is C22H27N3O5S. The minimum atomic E-state index is -3.38. The summed E-state index contributed by atoms with van der Waals surface area (Å²) in [5.74, 6) is 1.14. The normalized spacial score (nSPS) is 18.4. The van der Waals surface area contributed by atoms with Crippen molar-refractivity contribution in [2.75, 3.05) is 44.7 Å². The van der Waals surface area contributed by atoms with Gasteiger partial charge in [-0.15, -0.1) is 0 Å². The van der Waals surface area contributed by atoms with E-state index in [1.165, 1.54) is 4.31 Å². The fraction of sp³-hybridized carbons (Fsp3) is 0.409. The largest absolute Gasteiger partial charge is 0.486 e. The van der Waals surface area contributed by atoms with Gasteiger partial charge in [-0.2, -0.15) is 4.31 Å². The first-order chi connectivity index (χ1) is 14.9. The highest BCUT2D eigenvalue weighted by Gasteiger charge is 2.31. The van der Waals surface area contributed by atoms with Gasteiger partial charge in [0.1, 0.15) is 13.2 Å². The molecule has 1 atom stereocenters. The molecule has 0 saturated carbocycles. The summed E-state index contributed by atoms with van der Waals surface area (Å²) in [6, 6.07) is 14.1. The highest BCUT2D eigenvalue weighted by atomic mass is 32.2. The number of ether oxygens (including phenoxy) is 2. The minimum absolute atomic E-state index is 0.00596. The van der Waals surface area contributed by atoms with Crippen LogP contribution in [0.2, 0.25) is 0 Å². The van der Waals surface area contributed by atoms with Crippen LogP contribution in [0.3, 0.4) is 0 Å². The molecule has 4 rings (SSSR count). The highest BCUT2D eigenvalue weighted by molar-refractivity contribution is 7.88. The fourth-order valence-corrected chi connectivity index (χ4v) is 5.29. The lowest BCUT2D eigenvalue weighted by Crippen LogP contribution is -2.54. The van der Waals surface area contributed by atoms with Gasteiger partial charge in [0.25, 0.3) is 0 Å². The number of amides is 1. The molecule has 8 nitrogen and oxygen atoms in total. The van der Waals surface area contributed by atoms with Crippen LogP contribution in [-0.2, 0) is 20.6 Å². The molecule has 31 heavy (non-hydrogen) atoms. The van der Waals surface area contributed by atoms with E-state index in [1.54, 1.807) is 18.2 Å². The third-order valence-electron chi connectivity index (χ3n) is 5.60. The summed E-state index contributed by atoms with van der Waals surface area (Å²) in [6.07, 6.45) is 0. The monoisotopic (exact) mass is 445 g/mol. The predicted molar refractivity (Wildman–Crippen MR) is 118 cm³/mol. The molecule has 1 unspecified atom stereocenters. The lowest BCUT2D eigenvalue weighted by Gasteiger charge is -2.36. The summed E-state index contributed by atoms with van der Waals surface area (Å²) < 4.78 is 38.0. The summed E-state index contributed by atoms with van der Waals surface area (Å²) in [5, 5.41) is 2.92. The molecule has 1 N–H and O–H groups in total. The van der Waals surface area contributed by atoms with Crippen molar-refractivity contribution in [3.05, 3.63) is 54.1 Å². The number of hydrogen-bond donors (Lipinski definition) is 1. The summed E-state index contributed by atoms with van der Waals surface area (Å²) >= 11 is 0. The van der Waals surface area contributed by atoms with Gasteiger partial charge in [-0.1, -0.05) is 30.3 Å². The van der Waals surface area contributed by atoms with Crippen LogP contribution in [0, 0.1) is 0 Å². The van der Waals surface area contributed by atoms with Crippen LogP contribution in [-0.4, -0.2) is 69.0 Å². The summed E-state index contributed by atoms with van der Waals surface area (Å²) in [7, 11) is -3.38. The lowest BCUT2D eigenvalue weighted by atomic mass is 10.2. The molecule has 0 aromatic heterocycles. The number of rotatable bonds is 6. The average molecular weight is 446 g/mol. The zero-order chi connectivity index (χ0) is 21.8. The third kappa shape index (κ3) is 5.17. The molecule has 2 heterocycles. The first kappa shape index (κ1) is 21.6. The van der Waals surface area contributed by atoms with E-state index in [0.717, 1.165) is 5.56 Å². The molecular weight excluding hydrogens is 418 g/mol. The van der Waals surface area contributed by atoms with Gasteiger partial charge < -0.3 is 14.8 Å². The van der Waals surface area contributed by atoms with Crippen LogP contribution >= 0.6 is 0 Å². The first-order valence-corrected chi connectivity index (χ1v) is 12.0. The molecule has 0 radical (unpaired) electrons. The van der Waals surface area contributed by atoms with Crippen molar-refractivity contribution < 1.29 is 22.7 Å². The second-order valence-electron chi connectivity index (χ2n) is 7.70. The van der Waals surface area contributed by atoms with Crippen molar-refractivity contribution in [1.82, 2.24) is 9.21 Å². The second-order valence-corrected chi connectivity index (χ2v) is 9.67. The summed E-state index contributed by atoms with van der Waals surface area (Å²) in [6.45, 7) is 4.59. The molecule has 0 spiro atoms. The molecule has 0 aliphatic carbocycles. The number of nitrogens with one attached hydrogen (secondary N) is 1. The Kier molecular flexibility index (Phi) is 6.45. The van der Waals surface area contributed by atoms with Crippen molar-refractivity contribution >= 4 is 21.6 Å². The Bertz CT molecular complexity index is 1020. The molecule has 2 aromatic carbocycles. The second kappa shape index (κ2) is 9.25. The van der Waals surface area contributed by atoms with Gasteiger partial charge in [-0.05, 0) is 24.6 Å². The maximum atomic E-state index is 12.7. The van der Waals surface area contributed by atoms with E-state index >= 15 is 0 Å². The SMILES string of the molecule is CC(C(=O)Nc1ccc2c(c1)OCCO2)N1CCN(S(=O)(=O)Cc2ccccc2)CC1. The minimum Gasteiger partial charge on any atom is -0.486 e. The topological polar surface area (TPSA) is 88.2 Å². The molecule has 1 saturated heterocycles. The first-order valence-electron chi connectivity index (χ1n) is 10.4. The number of piperazine rings is 1. The number of hydrogen-bond acceptors (Lipinski definition) is 6. The Hall–Kier alpha value is -2.62. The summed E-state index contributed by atoms with van der Waals surface area (Å²) in [5.41, 5.74) is 1.42. The standard InChI is InChI=1S/C22H27N3O5S/c1-17(22(26)23-19-7-8-20-21(15-19)30-14-13-29-20)24-9-11-25(12-10-24)31(27,28)16-18-5-3-2-4-6-18/h2-8,15,17H,9-14,16H2,1H3,(H,23,26). The van der Waals surface area contributed by atoms with E-state index in [2.05, 4.69) is 5.32 Å². The van der Waals surface area contributed by atoms with Crippen molar-refractivity contribution in [3.63, 3.8) is 0 Å². The Morgan fingerprint density at radius 2 is 1.68 bits per heavy atom. The molecule has 9 heteroatoms. The number of anilines is 1. The number of carbonyl (C=O) groups excluding carboxylic acids is 1. The maximum Gasteiger partial charge on any atom is 0.241 e. The number of sulfonamides is 1. The van der Waals surface area contributed by atoms with Gasteiger partial charge in [0, 0.05) is 37.9 Å². The van der Waals surface area contributed by atoms with Crippen molar-refractivity contribution in [2.45, 2.75) is 18.7 Å². The van der Waals surface area contributed by atoms with Crippen molar-refractivity contribution in [2.24, 2.45) is 0 Å². The maximum absolute atomic E-state index is 12.7. The van der Waals surface area contributed by atoms with E-state index in [0.29, 0.717) is 56.6 Å². The smallest absolute Gasteiger partial charge is 0.241 e. The van der Waals surface area contributed by atoms with Crippen LogP contribution in [0.5, 0.6) is 11.5 Å². The zero-order valence-electron chi connectivity index (χ0n) is 17.5. The summed E-state index contributed by atoms with van der Waals surface area (Å²) in [4.78, 5) is 14.7. The van der Waals surface area contributed by atoms with Gasteiger partial charge in [-0.25, -0.2) is 8.42 Å². The third-order valence-corrected chi connectivity index (χ3v) is 7.45. The van der Waals surface area contributed by atoms with Gasteiger partial charge in [0.2, 0.25) is 15.9 Å². The van der Waals surface area contributed by atoms with E-state index in [-0.39, 0.29) is 17.7 Å². The average Bonchev–Trinajstić information content (AvgIpc) is 2.79. The quantitative estimate of drug-likeness (QED) is 0.731. The van der Waals surface area contributed by atoms with Crippen LogP contribution in [0.1, 0.15) is 12.5 Å². The van der Waals surface area contributed by atoms with E-state index in [4.69, 9.17) is 9.47 Å². The Morgan fingerprint density at radius 1 is 1.00 bits per heavy atom. The number of benzene rings is 2. The molecule has 2 aromatic rings. The van der Waals surface area contributed by atoms with Gasteiger partial charge in [-0.3, -0.25) is 9.69 Å². The number of fused-ring (bicyclic) bond motifs is 1. The Labute approximate surface area is 182 Å². The Morgan fingerprint density at radius 3 is 2.39 bits per heavy atom. The van der Waals surface area contributed by atoms with Gasteiger partial charge in [0.15, 0.2) is 11.5 Å². The number of carbonyl (C=O) groups is 1. The van der Waals surface area contributed by atoms with Crippen LogP contribution in [0.15, 0.2) is 48.5 Å². The van der Waals surface area contributed by atoms with Crippen LogP contribution in [0.4, 0.5) is 5.69 Å². The lowest BCUT2D eigenvalue weighted by molar-refractivity contribution is -0.121. The van der Waals surface area contributed by atoms with E-state index in [1.807, 2.05) is 42.2 Å². The van der Waals surface area contributed by atoms with E-state index in [9.17, 15) is 13.2 Å². The van der Waals surface area contributed by atoms with E-state index < -0.39 is 10.0 Å². The highest BCUT2D eigenvalue weighted by Crippen LogP contribution is 2.32. The Balaban J connectivity index is 1.31. The zero-order valence-corrected chi connectivity index (χ0v) is 18.3. The van der Waals surface area contributed by atoms with Gasteiger partial charge in [0.05, 0.1) is 11.8 Å². The van der Waals surface area contributed by atoms with Crippen LogP contribution in [0.25, 0.3) is 0 Å². The number of nitrogens with zero attached hydrogens (tertiary/aromatic N) is 2. The molecule has 2 aliphatic heterocycles. The van der Waals surface area contributed by atoms with Crippen molar-refractivity contribution in [1.29, 1.82) is 0 Å². The molecule has 1 amide bonds. The van der Waals surface area contributed by atoms with Crippen molar-refractivity contribution in [3.8, 4) is 11.5 Å². The fourth-order valence-electron chi connectivity index (χ4n) is 3.78. The van der Waals surface area contributed by atoms with Gasteiger partial charge >= 0.3 is 0 Å².